The van der Waals surface area contributed by atoms with Gasteiger partial charge in [0.15, 0.2) is 5.82 Å². The van der Waals surface area contributed by atoms with Gasteiger partial charge in [-0.3, -0.25) is 0 Å². The molecule has 0 spiro atoms. The zero-order chi connectivity index (χ0) is 13.9. The van der Waals surface area contributed by atoms with Crippen molar-refractivity contribution < 1.29 is 4.52 Å². The van der Waals surface area contributed by atoms with Crippen LogP contribution in [0.25, 0.3) is 0 Å². The molecule has 106 valence electrons. The molecule has 1 aromatic heterocycles. The maximum Gasteiger partial charge on any atom is 0.244 e. The highest BCUT2D eigenvalue weighted by Gasteiger charge is 2.21. The van der Waals surface area contributed by atoms with Crippen LogP contribution in [0.2, 0.25) is 10.0 Å². The zero-order valence-corrected chi connectivity index (χ0v) is 12.9. The van der Waals surface area contributed by atoms with E-state index in [1.165, 1.54) is 0 Å². The fraction of sp³-hybridized carbons (Fsp3) is 0.385. The molecule has 1 aliphatic heterocycles. The van der Waals surface area contributed by atoms with Crippen molar-refractivity contribution in [2.45, 2.75) is 12.5 Å². The highest BCUT2D eigenvalue weighted by Crippen LogP contribution is 2.24. The van der Waals surface area contributed by atoms with E-state index in [2.05, 4.69) is 15.5 Å². The quantitative estimate of drug-likeness (QED) is 0.935. The van der Waals surface area contributed by atoms with Gasteiger partial charge < -0.3 is 9.84 Å². The Morgan fingerprint density at radius 3 is 3.05 bits per heavy atom. The molecule has 7 heteroatoms. The summed E-state index contributed by atoms with van der Waals surface area (Å²) in [7, 11) is 0. The van der Waals surface area contributed by atoms with Gasteiger partial charge in [-0.25, -0.2) is 0 Å². The molecule has 20 heavy (non-hydrogen) atoms. The molecule has 0 aliphatic carbocycles. The molecule has 2 heterocycles. The summed E-state index contributed by atoms with van der Waals surface area (Å²) < 4.78 is 5.33. The topological polar surface area (TPSA) is 51.0 Å². The van der Waals surface area contributed by atoms with E-state index in [0.29, 0.717) is 28.2 Å². The molecule has 0 radical (unpaired) electrons. The fourth-order valence-corrected chi connectivity index (χ4v) is 3.44. The maximum atomic E-state index is 6.15. The van der Waals surface area contributed by atoms with Crippen molar-refractivity contribution in [2.24, 2.45) is 0 Å². The van der Waals surface area contributed by atoms with Gasteiger partial charge in [-0.15, -0.1) is 0 Å². The van der Waals surface area contributed by atoms with Gasteiger partial charge in [0, 0.05) is 34.5 Å². The Hall–Kier alpha value is -0.750. The van der Waals surface area contributed by atoms with Crippen LogP contribution in [0.1, 0.15) is 23.3 Å². The summed E-state index contributed by atoms with van der Waals surface area (Å²) in [5.74, 6) is 3.38. The lowest BCUT2D eigenvalue weighted by atomic mass is 10.1. The van der Waals surface area contributed by atoms with Gasteiger partial charge >= 0.3 is 0 Å². The Balaban J connectivity index is 1.73. The van der Waals surface area contributed by atoms with Crippen LogP contribution in [0, 0.1) is 0 Å². The van der Waals surface area contributed by atoms with Crippen molar-refractivity contribution in [3.05, 3.63) is 45.5 Å². The van der Waals surface area contributed by atoms with E-state index in [1.54, 1.807) is 6.07 Å². The molecule has 1 atom stereocenters. The first-order valence-corrected chi connectivity index (χ1v) is 8.21. The van der Waals surface area contributed by atoms with Crippen LogP contribution < -0.4 is 5.32 Å². The van der Waals surface area contributed by atoms with E-state index in [1.807, 2.05) is 23.9 Å². The number of benzene rings is 1. The molecule has 0 bridgehead atoms. The Bertz CT molecular complexity index is 599. The van der Waals surface area contributed by atoms with Gasteiger partial charge in [-0.2, -0.15) is 16.7 Å². The first-order valence-electron chi connectivity index (χ1n) is 6.30. The van der Waals surface area contributed by atoms with Gasteiger partial charge in [0.2, 0.25) is 5.89 Å². The van der Waals surface area contributed by atoms with Gasteiger partial charge in [-0.1, -0.05) is 34.4 Å². The third kappa shape index (κ3) is 3.28. The average molecular weight is 330 g/mol. The number of nitrogens with zero attached hydrogens (tertiary/aromatic N) is 2. The standard InChI is InChI=1S/C13H13Cl2N3OS/c14-9-2-1-8(10(15)6-9)5-12-17-13(19-18-12)11-7-20-4-3-16-11/h1-2,6,11,16H,3-5,7H2. The first-order chi connectivity index (χ1) is 9.72. The minimum absolute atomic E-state index is 0.149. The first kappa shape index (κ1) is 14.2. The van der Waals surface area contributed by atoms with Crippen LogP contribution in [0.3, 0.4) is 0 Å². The van der Waals surface area contributed by atoms with Gasteiger partial charge in [-0.05, 0) is 17.7 Å². The molecule has 2 aromatic rings. The molecule has 3 rings (SSSR count). The molecule has 0 saturated carbocycles. The summed E-state index contributed by atoms with van der Waals surface area (Å²) >= 11 is 13.9. The van der Waals surface area contributed by atoms with Crippen LogP contribution in [0.15, 0.2) is 22.7 Å². The Labute approximate surface area is 131 Å². The third-order valence-corrected chi connectivity index (χ3v) is 4.72. The second-order valence-corrected chi connectivity index (χ2v) is 6.54. The Morgan fingerprint density at radius 2 is 2.30 bits per heavy atom. The van der Waals surface area contributed by atoms with Crippen LogP contribution in [-0.2, 0) is 6.42 Å². The number of hydrogen-bond acceptors (Lipinski definition) is 5. The Kier molecular flexibility index (Phi) is 4.51. The minimum Gasteiger partial charge on any atom is -0.338 e. The smallest absolute Gasteiger partial charge is 0.244 e. The van der Waals surface area contributed by atoms with Crippen LogP contribution in [-0.4, -0.2) is 28.2 Å². The molecule has 1 aliphatic rings. The number of thioether (sulfide) groups is 1. The summed E-state index contributed by atoms with van der Waals surface area (Å²) in [6.07, 6.45) is 0.541. The highest BCUT2D eigenvalue weighted by atomic mass is 35.5. The second-order valence-electron chi connectivity index (χ2n) is 4.54. The number of halogens is 2. The van der Waals surface area contributed by atoms with Crippen molar-refractivity contribution in [3.63, 3.8) is 0 Å². The Morgan fingerprint density at radius 1 is 1.40 bits per heavy atom. The molecule has 1 N–H and O–H groups in total. The predicted octanol–water partition coefficient (Wildman–Crippen LogP) is 3.34. The molecule has 1 saturated heterocycles. The minimum atomic E-state index is 0.149. The normalized spacial score (nSPS) is 19.2. The summed E-state index contributed by atoms with van der Waals surface area (Å²) in [6.45, 7) is 0.968. The average Bonchev–Trinajstić information content (AvgIpc) is 2.92. The summed E-state index contributed by atoms with van der Waals surface area (Å²) in [5, 5.41) is 8.64. The van der Waals surface area contributed by atoms with E-state index in [-0.39, 0.29) is 6.04 Å². The summed E-state index contributed by atoms with van der Waals surface area (Å²) in [5.41, 5.74) is 0.939. The number of nitrogens with one attached hydrogen (secondary N) is 1. The molecular formula is C13H13Cl2N3OS. The molecular weight excluding hydrogens is 317 g/mol. The SMILES string of the molecule is Clc1ccc(Cc2noc(C3CSCCN3)n2)c(Cl)c1. The van der Waals surface area contributed by atoms with Crippen molar-refractivity contribution in [2.75, 3.05) is 18.1 Å². The second kappa shape index (κ2) is 6.35. The van der Waals surface area contributed by atoms with Crippen molar-refractivity contribution in [1.29, 1.82) is 0 Å². The van der Waals surface area contributed by atoms with Gasteiger partial charge in [0.25, 0.3) is 0 Å². The van der Waals surface area contributed by atoms with Crippen molar-refractivity contribution in [3.8, 4) is 0 Å². The number of rotatable bonds is 3. The van der Waals surface area contributed by atoms with E-state index in [4.69, 9.17) is 27.7 Å². The monoisotopic (exact) mass is 329 g/mol. The van der Waals surface area contributed by atoms with E-state index in [9.17, 15) is 0 Å². The molecule has 1 fully saturated rings. The fourth-order valence-electron chi connectivity index (χ4n) is 2.04. The van der Waals surface area contributed by atoms with Crippen LogP contribution in [0.5, 0.6) is 0 Å². The van der Waals surface area contributed by atoms with Gasteiger partial charge in [0.05, 0.1) is 6.04 Å². The van der Waals surface area contributed by atoms with Crippen molar-refractivity contribution in [1.82, 2.24) is 15.5 Å². The van der Waals surface area contributed by atoms with Crippen molar-refractivity contribution >= 4 is 35.0 Å². The zero-order valence-electron chi connectivity index (χ0n) is 10.6. The highest BCUT2D eigenvalue weighted by molar-refractivity contribution is 7.99. The van der Waals surface area contributed by atoms with Crippen LogP contribution in [0.4, 0.5) is 0 Å². The number of aromatic nitrogens is 2. The lowest BCUT2D eigenvalue weighted by molar-refractivity contribution is 0.339. The molecule has 0 amide bonds. The molecule has 1 aromatic carbocycles. The largest absolute Gasteiger partial charge is 0.338 e. The number of hydrogen-bond donors (Lipinski definition) is 1. The lowest BCUT2D eigenvalue weighted by Crippen LogP contribution is -2.30. The predicted molar refractivity (Wildman–Crippen MR) is 81.6 cm³/mol. The van der Waals surface area contributed by atoms with E-state index < -0.39 is 0 Å². The van der Waals surface area contributed by atoms with E-state index in [0.717, 1.165) is 23.6 Å². The third-order valence-electron chi connectivity index (χ3n) is 3.07. The maximum absolute atomic E-state index is 6.15. The van der Waals surface area contributed by atoms with Crippen LogP contribution >= 0.6 is 35.0 Å². The molecule has 4 nitrogen and oxygen atoms in total. The lowest BCUT2D eigenvalue weighted by Gasteiger charge is -2.19. The summed E-state index contributed by atoms with van der Waals surface area (Å²) in [6, 6.07) is 5.56. The van der Waals surface area contributed by atoms with E-state index >= 15 is 0 Å². The summed E-state index contributed by atoms with van der Waals surface area (Å²) in [4.78, 5) is 4.45. The van der Waals surface area contributed by atoms with Gasteiger partial charge in [0.1, 0.15) is 0 Å². The molecule has 1 unspecified atom stereocenters.